The molecule has 7 heteroatoms. The van der Waals surface area contributed by atoms with Gasteiger partial charge in [0.05, 0.1) is 0 Å². The van der Waals surface area contributed by atoms with Crippen LogP contribution in [0.5, 0.6) is 5.75 Å². The predicted octanol–water partition coefficient (Wildman–Crippen LogP) is 3.77. The highest BCUT2D eigenvalue weighted by atomic mass is 16.5. The summed E-state index contributed by atoms with van der Waals surface area (Å²) in [5.74, 6) is 1.36. The fourth-order valence-corrected chi connectivity index (χ4v) is 2.29. The van der Waals surface area contributed by atoms with Gasteiger partial charge in [-0.05, 0) is 43.0 Å². The second kappa shape index (κ2) is 10.4. The molecule has 7 nitrogen and oxygen atoms in total. The molecule has 0 aliphatic rings. The maximum Gasteiger partial charge on any atom is 0.273 e. The summed E-state index contributed by atoms with van der Waals surface area (Å²) in [5, 5.41) is 9.40. The number of rotatable bonds is 10. The number of amides is 2. The molecule has 0 aliphatic carbocycles. The van der Waals surface area contributed by atoms with Crippen LogP contribution in [0.3, 0.4) is 0 Å². The van der Waals surface area contributed by atoms with Crippen molar-refractivity contribution in [2.75, 3.05) is 11.9 Å². The molecule has 2 amide bonds. The van der Waals surface area contributed by atoms with Gasteiger partial charge in [0.25, 0.3) is 5.91 Å². The van der Waals surface area contributed by atoms with Gasteiger partial charge in [0, 0.05) is 24.7 Å². The van der Waals surface area contributed by atoms with Crippen LogP contribution in [0, 0.1) is 5.92 Å². The van der Waals surface area contributed by atoms with Gasteiger partial charge in [-0.2, -0.15) is 0 Å². The number of nitrogens with zero attached hydrogens (tertiary/aromatic N) is 1. The van der Waals surface area contributed by atoms with E-state index in [9.17, 15) is 9.59 Å². The number of aromatic nitrogens is 1. The summed E-state index contributed by atoms with van der Waals surface area (Å²) in [5.41, 5.74) is 0.965. The van der Waals surface area contributed by atoms with Crippen molar-refractivity contribution in [1.82, 2.24) is 10.5 Å². The number of hydrogen-bond donors (Lipinski definition) is 2. The standard InChI is InChI=1S/C20H27N3O4/c1-4-5-19(24)22-15-6-8-16(9-7-15)26-13-17-12-18(23-27-17)20(25)21-11-10-14(2)3/h6-9,12,14H,4-5,10-11,13H2,1-3H3,(H,21,25)(H,22,24). The number of carbonyl (C=O) groups excluding carboxylic acids is 2. The highest BCUT2D eigenvalue weighted by Crippen LogP contribution is 2.17. The maximum atomic E-state index is 12.0. The van der Waals surface area contributed by atoms with E-state index in [1.165, 1.54) is 0 Å². The molecule has 0 saturated heterocycles. The fraction of sp³-hybridized carbons (Fsp3) is 0.450. The number of ether oxygens (including phenoxy) is 1. The molecule has 0 radical (unpaired) electrons. The molecule has 0 aliphatic heterocycles. The van der Waals surface area contributed by atoms with Crippen molar-refractivity contribution < 1.29 is 18.8 Å². The molecule has 0 unspecified atom stereocenters. The minimum absolute atomic E-state index is 0.00738. The Bertz CT molecular complexity index is 738. The number of carbonyl (C=O) groups is 2. The summed E-state index contributed by atoms with van der Waals surface area (Å²) < 4.78 is 10.8. The molecule has 0 atom stereocenters. The van der Waals surface area contributed by atoms with Gasteiger partial charge in [0.1, 0.15) is 12.4 Å². The lowest BCUT2D eigenvalue weighted by atomic mass is 10.1. The van der Waals surface area contributed by atoms with Gasteiger partial charge in [0.15, 0.2) is 11.5 Å². The van der Waals surface area contributed by atoms with Crippen LogP contribution in [0.4, 0.5) is 5.69 Å². The van der Waals surface area contributed by atoms with Gasteiger partial charge in [0.2, 0.25) is 5.91 Å². The van der Waals surface area contributed by atoms with Crippen molar-refractivity contribution >= 4 is 17.5 Å². The molecular formula is C20H27N3O4. The molecule has 1 aromatic carbocycles. The van der Waals surface area contributed by atoms with Crippen molar-refractivity contribution in [2.45, 2.75) is 46.6 Å². The Morgan fingerprint density at radius 2 is 1.96 bits per heavy atom. The van der Waals surface area contributed by atoms with Crippen LogP contribution in [0.25, 0.3) is 0 Å². The van der Waals surface area contributed by atoms with E-state index in [0.29, 0.717) is 30.4 Å². The average Bonchev–Trinajstić information content (AvgIpc) is 3.10. The van der Waals surface area contributed by atoms with E-state index >= 15 is 0 Å². The third-order valence-corrected chi connectivity index (χ3v) is 3.80. The third-order valence-electron chi connectivity index (χ3n) is 3.80. The van der Waals surface area contributed by atoms with Crippen LogP contribution in [-0.2, 0) is 11.4 Å². The van der Waals surface area contributed by atoms with Crippen LogP contribution in [0.15, 0.2) is 34.9 Å². The smallest absolute Gasteiger partial charge is 0.273 e. The predicted molar refractivity (Wildman–Crippen MR) is 103 cm³/mol. The first-order valence-electron chi connectivity index (χ1n) is 9.24. The zero-order valence-electron chi connectivity index (χ0n) is 16.1. The second-order valence-electron chi connectivity index (χ2n) is 6.73. The zero-order chi connectivity index (χ0) is 19.6. The summed E-state index contributed by atoms with van der Waals surface area (Å²) >= 11 is 0. The Balaban J connectivity index is 1.80. The number of hydrogen-bond acceptors (Lipinski definition) is 5. The highest BCUT2D eigenvalue weighted by Gasteiger charge is 2.12. The van der Waals surface area contributed by atoms with Crippen molar-refractivity contribution in [3.05, 3.63) is 41.8 Å². The number of benzene rings is 1. The van der Waals surface area contributed by atoms with Crippen LogP contribution in [0.1, 0.15) is 56.3 Å². The Morgan fingerprint density at radius 1 is 1.22 bits per heavy atom. The van der Waals surface area contributed by atoms with E-state index in [1.807, 2.05) is 6.92 Å². The SMILES string of the molecule is CCCC(=O)Nc1ccc(OCc2cc(C(=O)NCCC(C)C)no2)cc1. The van der Waals surface area contributed by atoms with E-state index in [0.717, 1.165) is 18.5 Å². The first-order valence-corrected chi connectivity index (χ1v) is 9.24. The Morgan fingerprint density at radius 3 is 2.63 bits per heavy atom. The van der Waals surface area contributed by atoms with Crippen molar-refractivity contribution in [3.63, 3.8) is 0 Å². The van der Waals surface area contributed by atoms with Gasteiger partial charge in [-0.3, -0.25) is 9.59 Å². The lowest BCUT2D eigenvalue weighted by Crippen LogP contribution is -2.25. The molecular weight excluding hydrogens is 346 g/mol. The third kappa shape index (κ3) is 7.13. The molecule has 0 fully saturated rings. The average molecular weight is 373 g/mol. The molecule has 0 bridgehead atoms. The summed E-state index contributed by atoms with van der Waals surface area (Å²) in [6, 6.07) is 8.65. The van der Waals surface area contributed by atoms with Gasteiger partial charge in [-0.1, -0.05) is 25.9 Å². The highest BCUT2D eigenvalue weighted by molar-refractivity contribution is 5.92. The van der Waals surface area contributed by atoms with E-state index in [2.05, 4.69) is 29.6 Å². The molecule has 0 spiro atoms. The molecule has 27 heavy (non-hydrogen) atoms. The van der Waals surface area contributed by atoms with E-state index < -0.39 is 0 Å². The largest absolute Gasteiger partial charge is 0.486 e. The molecule has 2 N–H and O–H groups in total. The van der Waals surface area contributed by atoms with Gasteiger partial charge >= 0.3 is 0 Å². The zero-order valence-corrected chi connectivity index (χ0v) is 16.1. The van der Waals surface area contributed by atoms with Crippen LogP contribution >= 0.6 is 0 Å². The molecule has 2 rings (SSSR count). The summed E-state index contributed by atoms with van der Waals surface area (Å²) in [7, 11) is 0. The molecule has 0 saturated carbocycles. The first kappa shape index (κ1) is 20.5. The lowest BCUT2D eigenvalue weighted by molar-refractivity contribution is -0.116. The quantitative estimate of drug-likeness (QED) is 0.661. The van der Waals surface area contributed by atoms with E-state index in [1.54, 1.807) is 30.3 Å². The summed E-state index contributed by atoms with van der Waals surface area (Å²) in [4.78, 5) is 23.5. The van der Waals surface area contributed by atoms with Gasteiger partial charge in [-0.15, -0.1) is 0 Å². The molecule has 1 aromatic heterocycles. The molecule has 1 heterocycles. The maximum absolute atomic E-state index is 12.0. The Hall–Kier alpha value is -2.83. The molecule has 146 valence electrons. The number of nitrogens with one attached hydrogen (secondary N) is 2. The summed E-state index contributed by atoms with van der Waals surface area (Å²) in [6.07, 6.45) is 2.22. The van der Waals surface area contributed by atoms with Crippen molar-refractivity contribution in [1.29, 1.82) is 0 Å². The minimum Gasteiger partial charge on any atom is -0.486 e. The van der Waals surface area contributed by atoms with E-state index in [4.69, 9.17) is 9.26 Å². The van der Waals surface area contributed by atoms with Crippen LogP contribution in [0.2, 0.25) is 0 Å². The van der Waals surface area contributed by atoms with Gasteiger partial charge in [-0.25, -0.2) is 0 Å². The first-order chi connectivity index (χ1) is 13.0. The summed E-state index contributed by atoms with van der Waals surface area (Å²) in [6.45, 7) is 6.93. The monoisotopic (exact) mass is 373 g/mol. The minimum atomic E-state index is -0.252. The topological polar surface area (TPSA) is 93.5 Å². The van der Waals surface area contributed by atoms with Gasteiger partial charge < -0.3 is 19.9 Å². The van der Waals surface area contributed by atoms with Crippen LogP contribution < -0.4 is 15.4 Å². The van der Waals surface area contributed by atoms with Crippen molar-refractivity contribution in [2.24, 2.45) is 5.92 Å². The lowest BCUT2D eigenvalue weighted by Gasteiger charge is -2.07. The molecule has 2 aromatic rings. The van der Waals surface area contributed by atoms with E-state index in [-0.39, 0.29) is 24.1 Å². The normalized spacial score (nSPS) is 10.7. The van der Waals surface area contributed by atoms with Crippen molar-refractivity contribution in [3.8, 4) is 5.75 Å². The number of anilines is 1. The Labute approximate surface area is 159 Å². The Kier molecular flexibility index (Phi) is 7.85. The second-order valence-corrected chi connectivity index (χ2v) is 6.73. The van der Waals surface area contributed by atoms with Crippen LogP contribution in [-0.4, -0.2) is 23.5 Å². The fourth-order valence-electron chi connectivity index (χ4n) is 2.29.